The number of fused-ring (bicyclic) bond motifs is 1. The maximum atomic E-state index is 13.4. The summed E-state index contributed by atoms with van der Waals surface area (Å²) in [6.45, 7) is 5.48. The number of hydrogen-bond acceptors (Lipinski definition) is 3. The van der Waals surface area contributed by atoms with E-state index in [2.05, 4.69) is 10.2 Å². The van der Waals surface area contributed by atoms with E-state index in [1.807, 2.05) is 15.9 Å². The molecule has 4 rings (SSSR count). The van der Waals surface area contributed by atoms with Gasteiger partial charge in [0.05, 0.1) is 12.1 Å². The highest BCUT2D eigenvalue weighted by molar-refractivity contribution is 5.79. The molecule has 0 saturated carbocycles. The molecule has 1 aromatic carbocycles. The largest absolute Gasteiger partial charge is 0.341 e. The van der Waals surface area contributed by atoms with Gasteiger partial charge in [-0.2, -0.15) is 0 Å². The molecule has 2 unspecified atom stereocenters. The maximum absolute atomic E-state index is 13.4. The van der Waals surface area contributed by atoms with Crippen LogP contribution in [0.3, 0.4) is 0 Å². The van der Waals surface area contributed by atoms with E-state index in [0.717, 1.165) is 51.0 Å². The molecule has 3 amide bonds. The minimum atomic E-state index is -0.195. The van der Waals surface area contributed by atoms with Crippen molar-refractivity contribution < 1.29 is 14.0 Å². The maximum Gasteiger partial charge on any atom is 0.318 e. The average Bonchev–Trinajstić information content (AvgIpc) is 2.97. The molecule has 6 nitrogen and oxygen atoms in total. The van der Waals surface area contributed by atoms with Gasteiger partial charge in [-0.05, 0) is 37.0 Å². The van der Waals surface area contributed by atoms with Crippen LogP contribution in [-0.2, 0) is 11.3 Å². The number of halogens is 1. The molecule has 146 valence electrons. The smallest absolute Gasteiger partial charge is 0.318 e. The van der Waals surface area contributed by atoms with Crippen molar-refractivity contribution in [2.75, 3.05) is 26.2 Å². The zero-order chi connectivity index (χ0) is 19.0. The summed E-state index contributed by atoms with van der Waals surface area (Å²) in [5, 5.41) is 3.08. The Hall–Kier alpha value is -2.15. The Bertz CT molecular complexity index is 720. The number of benzene rings is 1. The molecule has 0 bridgehead atoms. The molecule has 0 spiro atoms. The van der Waals surface area contributed by atoms with Gasteiger partial charge in [0.1, 0.15) is 5.82 Å². The van der Waals surface area contributed by atoms with Gasteiger partial charge < -0.3 is 15.1 Å². The van der Waals surface area contributed by atoms with Crippen molar-refractivity contribution in [1.82, 2.24) is 20.0 Å². The van der Waals surface area contributed by atoms with Gasteiger partial charge in [0, 0.05) is 45.7 Å². The fraction of sp³-hybridized carbons (Fsp3) is 0.600. The molecule has 3 aliphatic heterocycles. The van der Waals surface area contributed by atoms with Crippen molar-refractivity contribution in [2.24, 2.45) is 0 Å². The molecule has 0 aromatic heterocycles. The first kappa shape index (κ1) is 18.2. The third-order valence-electron chi connectivity index (χ3n) is 6.17. The molecule has 27 heavy (non-hydrogen) atoms. The van der Waals surface area contributed by atoms with Gasteiger partial charge in [-0.1, -0.05) is 12.1 Å². The van der Waals surface area contributed by atoms with Crippen LogP contribution < -0.4 is 5.32 Å². The highest BCUT2D eigenvalue weighted by Crippen LogP contribution is 2.29. The fourth-order valence-electron chi connectivity index (χ4n) is 4.77. The third-order valence-corrected chi connectivity index (χ3v) is 6.17. The van der Waals surface area contributed by atoms with Crippen molar-refractivity contribution in [3.8, 4) is 0 Å². The number of carbonyl (C=O) groups excluding carboxylic acids is 2. The van der Waals surface area contributed by atoms with Crippen molar-refractivity contribution in [2.45, 2.75) is 50.9 Å². The SMILES string of the molecule is CC(=O)N1CCC2C(C1)NC(=O)N2C1CCN(Cc2cccc(F)c2)CC1. The van der Waals surface area contributed by atoms with E-state index in [4.69, 9.17) is 0 Å². The van der Waals surface area contributed by atoms with Crippen LogP contribution in [0.1, 0.15) is 31.7 Å². The minimum absolute atomic E-state index is 0.0129. The summed E-state index contributed by atoms with van der Waals surface area (Å²) in [6.07, 6.45) is 2.71. The molecule has 1 aromatic rings. The Labute approximate surface area is 159 Å². The first-order valence-corrected chi connectivity index (χ1v) is 9.82. The van der Waals surface area contributed by atoms with Gasteiger partial charge in [0.25, 0.3) is 0 Å². The summed E-state index contributed by atoms with van der Waals surface area (Å²) in [5.41, 5.74) is 0.990. The Kier molecular flexibility index (Phi) is 5.04. The standard InChI is InChI=1S/C20H27FN4O2/c1-14(26)24-10-7-19-18(13-24)22-20(27)25(19)17-5-8-23(9-6-17)12-15-3-2-4-16(21)11-15/h2-4,11,17-19H,5-10,12-13H2,1H3,(H,22,27). The summed E-state index contributed by atoms with van der Waals surface area (Å²) < 4.78 is 13.4. The van der Waals surface area contributed by atoms with Gasteiger partial charge >= 0.3 is 6.03 Å². The van der Waals surface area contributed by atoms with Crippen molar-refractivity contribution in [3.63, 3.8) is 0 Å². The second-order valence-corrected chi connectivity index (χ2v) is 7.92. The number of amides is 3. The topological polar surface area (TPSA) is 55.9 Å². The zero-order valence-corrected chi connectivity index (χ0v) is 15.7. The van der Waals surface area contributed by atoms with E-state index >= 15 is 0 Å². The number of carbonyl (C=O) groups is 2. The predicted octanol–water partition coefficient (Wildman–Crippen LogP) is 1.80. The lowest BCUT2D eigenvalue weighted by Crippen LogP contribution is -2.55. The van der Waals surface area contributed by atoms with Gasteiger partial charge in [0.15, 0.2) is 0 Å². The van der Waals surface area contributed by atoms with E-state index < -0.39 is 0 Å². The molecule has 0 aliphatic carbocycles. The number of nitrogens with zero attached hydrogens (tertiary/aromatic N) is 3. The van der Waals surface area contributed by atoms with Crippen molar-refractivity contribution in [1.29, 1.82) is 0 Å². The predicted molar refractivity (Wildman–Crippen MR) is 99.5 cm³/mol. The fourth-order valence-corrected chi connectivity index (χ4v) is 4.77. The van der Waals surface area contributed by atoms with Crippen LogP contribution >= 0.6 is 0 Å². The lowest BCUT2D eigenvalue weighted by atomic mass is 9.95. The lowest BCUT2D eigenvalue weighted by Gasteiger charge is -2.42. The summed E-state index contributed by atoms with van der Waals surface area (Å²) >= 11 is 0. The second kappa shape index (κ2) is 7.46. The summed E-state index contributed by atoms with van der Waals surface area (Å²) in [4.78, 5) is 30.4. The number of nitrogens with one attached hydrogen (secondary N) is 1. The average molecular weight is 374 g/mol. The van der Waals surface area contributed by atoms with E-state index in [-0.39, 0.29) is 35.9 Å². The van der Waals surface area contributed by atoms with E-state index in [1.54, 1.807) is 19.1 Å². The summed E-state index contributed by atoms with van der Waals surface area (Å²) in [6, 6.07) is 7.25. The molecule has 3 fully saturated rings. The molecule has 3 aliphatic rings. The molecule has 2 atom stereocenters. The highest BCUT2D eigenvalue weighted by atomic mass is 19.1. The van der Waals surface area contributed by atoms with Crippen LogP contribution in [-0.4, -0.2) is 70.9 Å². The molecule has 3 saturated heterocycles. The molecule has 1 N–H and O–H groups in total. The van der Waals surface area contributed by atoms with Crippen molar-refractivity contribution in [3.05, 3.63) is 35.6 Å². The van der Waals surface area contributed by atoms with Gasteiger partial charge in [-0.25, -0.2) is 9.18 Å². The van der Waals surface area contributed by atoms with Crippen LogP contribution in [0.2, 0.25) is 0 Å². The Morgan fingerprint density at radius 1 is 1.22 bits per heavy atom. The number of hydrogen-bond donors (Lipinski definition) is 1. The third kappa shape index (κ3) is 3.78. The summed E-state index contributed by atoms with van der Waals surface area (Å²) in [5.74, 6) is -0.120. The van der Waals surface area contributed by atoms with Crippen molar-refractivity contribution >= 4 is 11.9 Å². The Morgan fingerprint density at radius 2 is 2.00 bits per heavy atom. The van der Waals surface area contributed by atoms with Crippen LogP contribution in [0.4, 0.5) is 9.18 Å². The van der Waals surface area contributed by atoms with Crippen LogP contribution in [0.25, 0.3) is 0 Å². The number of urea groups is 1. The molecule has 7 heteroatoms. The van der Waals surface area contributed by atoms with Crippen LogP contribution in [0.5, 0.6) is 0 Å². The minimum Gasteiger partial charge on any atom is -0.341 e. The number of likely N-dealkylation sites (tertiary alicyclic amines) is 2. The van der Waals surface area contributed by atoms with Gasteiger partial charge in [0.2, 0.25) is 5.91 Å². The quantitative estimate of drug-likeness (QED) is 0.878. The first-order valence-electron chi connectivity index (χ1n) is 9.82. The van der Waals surface area contributed by atoms with E-state index in [9.17, 15) is 14.0 Å². The molecule has 0 radical (unpaired) electrons. The number of piperidine rings is 2. The van der Waals surface area contributed by atoms with Crippen LogP contribution in [0.15, 0.2) is 24.3 Å². The van der Waals surface area contributed by atoms with E-state index in [0.29, 0.717) is 6.54 Å². The highest BCUT2D eigenvalue weighted by Gasteiger charge is 2.46. The molecular weight excluding hydrogens is 347 g/mol. The van der Waals surface area contributed by atoms with E-state index in [1.165, 1.54) is 6.07 Å². The lowest BCUT2D eigenvalue weighted by molar-refractivity contribution is -0.130. The van der Waals surface area contributed by atoms with Gasteiger partial charge in [-0.3, -0.25) is 9.69 Å². The van der Waals surface area contributed by atoms with Gasteiger partial charge in [-0.15, -0.1) is 0 Å². The number of rotatable bonds is 3. The molecular formula is C20H27FN4O2. The van der Waals surface area contributed by atoms with Crippen LogP contribution in [0, 0.1) is 5.82 Å². The molecule has 3 heterocycles. The monoisotopic (exact) mass is 374 g/mol. The summed E-state index contributed by atoms with van der Waals surface area (Å²) in [7, 11) is 0. The second-order valence-electron chi connectivity index (χ2n) is 7.92. The normalized spacial score (nSPS) is 26.8. The Balaban J connectivity index is 1.34. The Morgan fingerprint density at radius 3 is 2.70 bits per heavy atom. The zero-order valence-electron chi connectivity index (χ0n) is 15.7. The first-order chi connectivity index (χ1) is 13.0.